The van der Waals surface area contributed by atoms with E-state index in [4.69, 9.17) is 16.8 Å². The molecule has 0 spiro atoms. The van der Waals surface area contributed by atoms with Gasteiger partial charge in [0.1, 0.15) is 5.15 Å². The molecule has 14 heavy (non-hydrogen) atoms. The van der Waals surface area contributed by atoms with E-state index < -0.39 is 10.0 Å². The van der Waals surface area contributed by atoms with Gasteiger partial charge in [-0.15, -0.1) is 0 Å². The van der Waals surface area contributed by atoms with Crippen LogP contribution in [0.3, 0.4) is 0 Å². The van der Waals surface area contributed by atoms with Gasteiger partial charge in [-0.3, -0.25) is 5.21 Å². The fourth-order valence-electron chi connectivity index (χ4n) is 0.837. The van der Waals surface area contributed by atoms with Crippen LogP contribution in [0.25, 0.3) is 0 Å². The van der Waals surface area contributed by atoms with Crippen LogP contribution in [-0.2, 0) is 17.1 Å². The summed E-state index contributed by atoms with van der Waals surface area (Å²) >= 11 is 5.68. The highest BCUT2D eigenvalue weighted by molar-refractivity contribution is 7.89. The first-order chi connectivity index (χ1) is 6.41. The first-order valence-electron chi connectivity index (χ1n) is 3.79. The lowest BCUT2D eigenvalue weighted by molar-refractivity contribution is 0.00831. The Bertz CT molecular complexity index is 428. The van der Waals surface area contributed by atoms with E-state index in [0.29, 0.717) is 0 Å². The molecule has 0 aliphatic carbocycles. The summed E-state index contributed by atoms with van der Waals surface area (Å²) in [7, 11) is -2.42. The minimum Gasteiger partial charge on any atom is -0.324 e. The molecule has 0 fully saturated rings. The predicted octanol–water partition coefficient (Wildman–Crippen LogP) is 0.473. The van der Waals surface area contributed by atoms with Gasteiger partial charge in [-0.25, -0.2) is 13.4 Å². The van der Waals surface area contributed by atoms with Crippen molar-refractivity contribution in [3.63, 3.8) is 0 Å². The molecule has 0 saturated carbocycles. The van der Waals surface area contributed by atoms with E-state index in [0.717, 1.165) is 0 Å². The molecule has 1 aromatic heterocycles. The minimum atomic E-state index is -3.97. The van der Waals surface area contributed by atoms with Gasteiger partial charge >= 0.3 is 0 Å². The van der Waals surface area contributed by atoms with Crippen LogP contribution in [-0.4, -0.2) is 34.2 Å². The molecule has 0 radical (unpaired) electrons. The van der Waals surface area contributed by atoms with E-state index in [1.165, 1.54) is 17.8 Å². The molecule has 0 bridgehead atoms. The molecule has 0 unspecified atom stereocenters. The van der Waals surface area contributed by atoms with Crippen molar-refractivity contribution in [2.24, 2.45) is 7.05 Å². The van der Waals surface area contributed by atoms with Crippen LogP contribution in [0.5, 0.6) is 0 Å². The van der Waals surface area contributed by atoms with Gasteiger partial charge in [-0.05, 0) is 6.92 Å². The van der Waals surface area contributed by atoms with Crippen LogP contribution < -0.4 is 0 Å². The molecule has 1 aromatic rings. The van der Waals surface area contributed by atoms with Gasteiger partial charge in [0, 0.05) is 13.6 Å². The highest BCUT2D eigenvalue weighted by atomic mass is 35.5. The van der Waals surface area contributed by atoms with Crippen LogP contribution in [0.4, 0.5) is 0 Å². The SMILES string of the molecule is CCN(O)S(=O)(=O)c1ncn(C)c1Cl. The van der Waals surface area contributed by atoms with Crippen molar-refractivity contribution in [2.75, 3.05) is 6.54 Å². The maximum absolute atomic E-state index is 11.5. The number of hydroxylamine groups is 1. The molecule has 1 N–H and O–H groups in total. The maximum Gasteiger partial charge on any atom is 0.285 e. The first-order valence-corrected chi connectivity index (χ1v) is 5.61. The second-order valence-electron chi connectivity index (χ2n) is 2.59. The van der Waals surface area contributed by atoms with Crippen LogP contribution in [0, 0.1) is 0 Å². The Morgan fingerprint density at radius 3 is 2.64 bits per heavy atom. The number of sulfonamides is 1. The molecular formula is C6H10ClN3O3S. The van der Waals surface area contributed by atoms with Crippen molar-refractivity contribution in [2.45, 2.75) is 11.9 Å². The monoisotopic (exact) mass is 239 g/mol. The quantitative estimate of drug-likeness (QED) is 0.779. The Morgan fingerprint density at radius 2 is 2.29 bits per heavy atom. The van der Waals surface area contributed by atoms with Crippen LogP contribution >= 0.6 is 11.6 Å². The molecular weight excluding hydrogens is 230 g/mol. The second-order valence-corrected chi connectivity index (χ2v) is 4.71. The molecule has 0 amide bonds. The molecule has 1 heterocycles. The highest BCUT2D eigenvalue weighted by Gasteiger charge is 2.27. The summed E-state index contributed by atoms with van der Waals surface area (Å²) in [6.45, 7) is 1.43. The zero-order valence-corrected chi connectivity index (χ0v) is 9.25. The van der Waals surface area contributed by atoms with Crippen molar-refractivity contribution in [1.29, 1.82) is 0 Å². The summed E-state index contributed by atoms with van der Waals surface area (Å²) in [6, 6.07) is 0. The third kappa shape index (κ3) is 1.76. The van der Waals surface area contributed by atoms with Crippen molar-refractivity contribution < 1.29 is 13.6 Å². The lowest BCUT2D eigenvalue weighted by atomic mass is 10.8. The standard InChI is InChI=1S/C6H10ClN3O3S/c1-3-10(11)14(12,13)6-5(7)9(2)4-8-6/h4,11H,3H2,1-2H3. The lowest BCUT2D eigenvalue weighted by Crippen LogP contribution is -2.27. The number of imidazole rings is 1. The zero-order valence-electron chi connectivity index (χ0n) is 7.68. The number of halogens is 1. The third-order valence-electron chi connectivity index (χ3n) is 1.63. The summed E-state index contributed by atoms with van der Waals surface area (Å²) in [5.74, 6) is 0. The summed E-state index contributed by atoms with van der Waals surface area (Å²) < 4.78 is 24.6. The number of nitrogens with zero attached hydrogens (tertiary/aromatic N) is 3. The summed E-state index contributed by atoms with van der Waals surface area (Å²) in [5, 5.41) is 8.74. The van der Waals surface area contributed by atoms with Gasteiger partial charge in [-0.1, -0.05) is 16.1 Å². The average Bonchev–Trinajstić information content (AvgIpc) is 2.46. The Hall–Kier alpha value is -0.630. The van der Waals surface area contributed by atoms with Crippen molar-refractivity contribution in [3.8, 4) is 0 Å². The van der Waals surface area contributed by atoms with Gasteiger partial charge in [0.2, 0.25) is 5.03 Å². The first kappa shape index (κ1) is 11.4. The summed E-state index contributed by atoms with van der Waals surface area (Å²) in [4.78, 5) is 3.60. The Balaban J connectivity index is 3.24. The van der Waals surface area contributed by atoms with Crippen LogP contribution in [0.15, 0.2) is 11.4 Å². The molecule has 0 aromatic carbocycles. The maximum atomic E-state index is 11.5. The van der Waals surface area contributed by atoms with Gasteiger partial charge in [-0.2, -0.15) is 0 Å². The Morgan fingerprint density at radius 1 is 1.71 bits per heavy atom. The average molecular weight is 240 g/mol. The van der Waals surface area contributed by atoms with Crippen molar-refractivity contribution in [3.05, 3.63) is 11.5 Å². The summed E-state index contributed by atoms with van der Waals surface area (Å²) in [5.41, 5.74) is 0. The van der Waals surface area contributed by atoms with Crippen LogP contribution in [0.2, 0.25) is 5.15 Å². The molecule has 6 nitrogen and oxygen atoms in total. The second kappa shape index (κ2) is 3.85. The van der Waals surface area contributed by atoms with E-state index >= 15 is 0 Å². The normalized spacial score (nSPS) is 12.4. The molecule has 0 aliphatic heterocycles. The number of hydrogen-bond donors (Lipinski definition) is 1. The Kier molecular flexibility index (Phi) is 3.15. The smallest absolute Gasteiger partial charge is 0.285 e. The predicted molar refractivity (Wildman–Crippen MR) is 49.6 cm³/mol. The molecule has 0 saturated heterocycles. The van der Waals surface area contributed by atoms with Crippen molar-refractivity contribution >= 4 is 21.6 Å². The zero-order chi connectivity index (χ0) is 10.9. The largest absolute Gasteiger partial charge is 0.324 e. The molecule has 80 valence electrons. The Labute approximate surface area is 86.7 Å². The van der Waals surface area contributed by atoms with Gasteiger partial charge in [0.25, 0.3) is 10.0 Å². The summed E-state index contributed by atoms with van der Waals surface area (Å²) in [6.07, 6.45) is 1.26. The van der Waals surface area contributed by atoms with E-state index in [-0.39, 0.29) is 21.2 Å². The number of hydrogen-bond acceptors (Lipinski definition) is 4. The van der Waals surface area contributed by atoms with Gasteiger partial charge < -0.3 is 4.57 Å². The fraction of sp³-hybridized carbons (Fsp3) is 0.500. The molecule has 1 rings (SSSR count). The third-order valence-corrected chi connectivity index (χ3v) is 3.78. The van der Waals surface area contributed by atoms with E-state index in [9.17, 15) is 8.42 Å². The van der Waals surface area contributed by atoms with Crippen molar-refractivity contribution in [1.82, 2.24) is 14.0 Å². The van der Waals surface area contributed by atoms with Gasteiger partial charge in [0.15, 0.2) is 0 Å². The number of aryl methyl sites for hydroxylation is 1. The van der Waals surface area contributed by atoms with Crippen LogP contribution in [0.1, 0.15) is 6.92 Å². The van der Waals surface area contributed by atoms with Gasteiger partial charge in [0.05, 0.1) is 6.33 Å². The van der Waals surface area contributed by atoms with E-state index in [2.05, 4.69) is 4.98 Å². The lowest BCUT2D eigenvalue weighted by Gasteiger charge is -2.10. The number of aromatic nitrogens is 2. The van der Waals surface area contributed by atoms with E-state index in [1.807, 2.05) is 0 Å². The minimum absolute atomic E-state index is 0.0301. The van der Waals surface area contributed by atoms with E-state index in [1.54, 1.807) is 7.05 Å². The molecule has 0 aliphatic rings. The molecule has 8 heteroatoms. The molecule has 0 atom stereocenters. The topological polar surface area (TPSA) is 75.4 Å². The highest BCUT2D eigenvalue weighted by Crippen LogP contribution is 2.21. The number of rotatable bonds is 3. The fourth-order valence-corrected chi connectivity index (χ4v) is 2.30.